The highest BCUT2D eigenvalue weighted by Crippen LogP contribution is 2.71. The summed E-state index contributed by atoms with van der Waals surface area (Å²) in [5.74, 6) is 0.360. The molecule has 9 heteroatoms. The molecule has 2 saturated heterocycles. The zero-order valence-electron chi connectivity index (χ0n) is 23.7. The first-order chi connectivity index (χ1) is 18.7. The first-order valence-corrected chi connectivity index (χ1v) is 14.7. The Morgan fingerprint density at radius 3 is 2.82 bits per heavy atom. The van der Waals surface area contributed by atoms with Gasteiger partial charge in [0.1, 0.15) is 24.5 Å². The number of ether oxygens (including phenoxy) is 4. The number of aliphatic hydroxyl groups excluding tert-OH is 1. The lowest BCUT2D eigenvalue weighted by atomic mass is 9.44. The number of hydrogen-bond donors (Lipinski definition) is 2. The zero-order valence-corrected chi connectivity index (χ0v) is 23.7. The summed E-state index contributed by atoms with van der Waals surface area (Å²) in [6, 6.07) is 0. The highest BCUT2D eigenvalue weighted by Gasteiger charge is 2.76. The Morgan fingerprint density at radius 2 is 2.05 bits per heavy atom. The van der Waals surface area contributed by atoms with Crippen LogP contribution in [0, 0.1) is 34.5 Å². The molecule has 2 aliphatic heterocycles. The van der Waals surface area contributed by atoms with Gasteiger partial charge in [0.25, 0.3) is 0 Å². The molecule has 6 rings (SSSR count). The second-order valence-electron chi connectivity index (χ2n) is 13.0. The molecule has 39 heavy (non-hydrogen) atoms. The Morgan fingerprint density at radius 1 is 1.23 bits per heavy atom. The van der Waals surface area contributed by atoms with Crippen molar-refractivity contribution in [3.63, 3.8) is 0 Å². The van der Waals surface area contributed by atoms with Gasteiger partial charge in [0.2, 0.25) is 11.7 Å². The molecule has 3 saturated carbocycles. The van der Waals surface area contributed by atoms with Crippen LogP contribution in [0.2, 0.25) is 0 Å². The molecule has 216 valence electrons. The van der Waals surface area contributed by atoms with Gasteiger partial charge in [-0.3, -0.25) is 4.79 Å². The van der Waals surface area contributed by atoms with Crippen LogP contribution >= 0.6 is 0 Å². The van der Waals surface area contributed by atoms with Crippen LogP contribution < -0.4 is 5.32 Å². The fourth-order valence-electron chi connectivity index (χ4n) is 9.47. The van der Waals surface area contributed by atoms with Gasteiger partial charge in [0.05, 0.1) is 6.10 Å². The third-order valence-electron chi connectivity index (χ3n) is 11.0. The number of aliphatic hydroxyl groups is 1. The average Bonchev–Trinajstić information content (AvgIpc) is 3.58. The summed E-state index contributed by atoms with van der Waals surface area (Å²) in [6.07, 6.45) is 11.3. The van der Waals surface area contributed by atoms with Crippen molar-refractivity contribution in [2.75, 3.05) is 33.3 Å². The Labute approximate surface area is 231 Å². The minimum Gasteiger partial charge on any atom is -0.395 e. The van der Waals surface area contributed by atoms with Crippen LogP contribution in [0.1, 0.15) is 66.2 Å². The number of nitrogens with one attached hydrogen (secondary N) is 1. The summed E-state index contributed by atoms with van der Waals surface area (Å²) in [7, 11) is 0. The summed E-state index contributed by atoms with van der Waals surface area (Å²) in [5, 5.41) is 19.1. The van der Waals surface area contributed by atoms with E-state index in [2.05, 4.69) is 49.5 Å². The Hall–Kier alpha value is -1.78. The number of amides is 1. The van der Waals surface area contributed by atoms with Gasteiger partial charge in [-0.2, -0.15) is 0 Å². The van der Waals surface area contributed by atoms with Crippen molar-refractivity contribution in [1.29, 1.82) is 0 Å². The van der Waals surface area contributed by atoms with Crippen LogP contribution in [0.3, 0.4) is 0 Å². The highest BCUT2D eigenvalue weighted by atomic mass is 16.9. The maximum atomic E-state index is 11.9. The minimum atomic E-state index is -0.877. The molecular formula is C30H44N2O7. The van der Waals surface area contributed by atoms with E-state index in [1.54, 1.807) is 0 Å². The summed E-state index contributed by atoms with van der Waals surface area (Å²) in [5.41, 5.74) is 1.04. The summed E-state index contributed by atoms with van der Waals surface area (Å²) in [6.45, 7) is 10.4. The van der Waals surface area contributed by atoms with E-state index in [0.29, 0.717) is 43.9 Å². The Kier molecular flexibility index (Phi) is 6.98. The van der Waals surface area contributed by atoms with Crippen molar-refractivity contribution in [1.82, 2.24) is 5.32 Å². The maximum Gasteiger partial charge on any atom is 0.226 e. The molecule has 0 aromatic heterocycles. The Bertz CT molecular complexity index is 1060. The number of carbonyl (C=O) groups is 1. The smallest absolute Gasteiger partial charge is 0.226 e. The lowest BCUT2D eigenvalue weighted by Crippen LogP contribution is -2.66. The monoisotopic (exact) mass is 544 g/mol. The van der Waals surface area contributed by atoms with Gasteiger partial charge in [0.15, 0.2) is 13.6 Å². The lowest BCUT2D eigenvalue weighted by Gasteiger charge is -2.62. The van der Waals surface area contributed by atoms with E-state index in [1.807, 2.05) is 0 Å². The summed E-state index contributed by atoms with van der Waals surface area (Å²) in [4.78, 5) is 16.6. The fourth-order valence-corrected chi connectivity index (χ4v) is 9.47. The molecule has 0 bridgehead atoms. The van der Waals surface area contributed by atoms with Gasteiger partial charge < -0.3 is 34.2 Å². The van der Waals surface area contributed by atoms with E-state index in [4.69, 9.17) is 23.8 Å². The number of carbonyl (C=O) groups excluding carboxylic acids is 1. The molecule has 1 amide bonds. The topological polar surface area (TPSA) is 108 Å². The normalized spacial score (nSPS) is 47.3. The van der Waals surface area contributed by atoms with Crippen molar-refractivity contribution in [3.05, 3.63) is 23.8 Å². The minimum absolute atomic E-state index is 0.00981. The predicted molar refractivity (Wildman–Crippen MR) is 143 cm³/mol. The van der Waals surface area contributed by atoms with Gasteiger partial charge in [-0.25, -0.2) is 0 Å². The van der Waals surface area contributed by atoms with Crippen molar-refractivity contribution < 1.29 is 33.7 Å². The molecule has 9 nitrogen and oxygen atoms in total. The third kappa shape index (κ3) is 4.06. The van der Waals surface area contributed by atoms with Gasteiger partial charge in [-0.05, 0) is 68.4 Å². The number of allylic oxidation sites excluding steroid dienone is 4. The van der Waals surface area contributed by atoms with Crippen LogP contribution in [-0.4, -0.2) is 67.6 Å². The van der Waals surface area contributed by atoms with Gasteiger partial charge in [0, 0.05) is 30.2 Å². The number of unbranched alkanes of at least 4 members (excludes halogenated alkanes) is 1. The predicted octanol–water partition coefficient (Wildman–Crippen LogP) is 3.67. The molecule has 0 radical (unpaired) electrons. The molecule has 2 spiro atoms. The van der Waals surface area contributed by atoms with Gasteiger partial charge >= 0.3 is 0 Å². The molecule has 2 N–H and O–H groups in total. The lowest BCUT2D eigenvalue weighted by molar-refractivity contribution is -0.256. The van der Waals surface area contributed by atoms with E-state index in [0.717, 1.165) is 37.8 Å². The Balaban J connectivity index is 1.20. The third-order valence-corrected chi connectivity index (χ3v) is 11.0. The number of fused-ring (bicyclic) bond motifs is 7. The average molecular weight is 545 g/mol. The maximum absolute atomic E-state index is 11.9. The van der Waals surface area contributed by atoms with E-state index in [1.165, 1.54) is 12.5 Å². The van der Waals surface area contributed by atoms with Gasteiger partial charge in [-0.15, -0.1) is 0 Å². The van der Waals surface area contributed by atoms with E-state index >= 15 is 0 Å². The van der Waals surface area contributed by atoms with E-state index in [9.17, 15) is 9.90 Å². The van der Waals surface area contributed by atoms with Crippen molar-refractivity contribution in [3.8, 4) is 0 Å². The van der Waals surface area contributed by atoms with Gasteiger partial charge in [-0.1, -0.05) is 37.6 Å². The first-order valence-electron chi connectivity index (χ1n) is 14.7. The number of hydrogen-bond acceptors (Lipinski definition) is 8. The van der Waals surface area contributed by atoms with Crippen LogP contribution in [-0.2, 0) is 28.6 Å². The van der Waals surface area contributed by atoms with Crippen molar-refractivity contribution in [2.24, 2.45) is 39.7 Å². The fraction of sp³-hybridized carbons (Fsp3) is 0.800. The van der Waals surface area contributed by atoms with E-state index < -0.39 is 17.5 Å². The molecule has 0 aromatic carbocycles. The first kappa shape index (κ1) is 27.4. The van der Waals surface area contributed by atoms with Crippen LogP contribution in [0.25, 0.3) is 0 Å². The number of rotatable bonds is 6. The molecule has 1 unspecified atom stereocenters. The van der Waals surface area contributed by atoms with Crippen LogP contribution in [0.15, 0.2) is 29.0 Å². The summed E-state index contributed by atoms with van der Waals surface area (Å²) >= 11 is 0. The van der Waals surface area contributed by atoms with E-state index in [-0.39, 0.29) is 36.2 Å². The number of oxime groups is 1. The van der Waals surface area contributed by atoms with Crippen molar-refractivity contribution >= 4 is 11.6 Å². The SMILES string of the molecule is CC(=O)NCCCCO/N=C1/C=C[C@@]2(C)C(=C1)[C@@H](C)C[C@@H]1[C@@H]2[C@@H](O)C[C@@]2(C)[C@H]1CC[C@@]21OCOC12COCO2. The largest absolute Gasteiger partial charge is 0.395 e. The standard InChI is InChI=1S/C30H44N2O7/c1-19-13-22-23-8-10-29(30(38-18-36-29)16-35-17-37-30)28(23,4)15-25(34)26(22)27(3)9-7-21(14-24(19)27)32-39-12-6-5-11-31-20(2)33/h7,9,14,19,22-23,25-26,34H,5-6,8,10-13,15-18H2,1-4H3,(H,31,33)/b32-21-/t19-,22-,23-,25-,26+,27-,28-,29+,30?/m0/s1. The summed E-state index contributed by atoms with van der Waals surface area (Å²) < 4.78 is 24.4. The second-order valence-corrected chi connectivity index (χ2v) is 13.0. The molecule has 5 fully saturated rings. The van der Waals surface area contributed by atoms with Crippen molar-refractivity contribution in [2.45, 2.75) is 83.7 Å². The molecule has 6 aliphatic rings. The van der Waals surface area contributed by atoms with Crippen LogP contribution in [0.4, 0.5) is 0 Å². The molecule has 0 aromatic rings. The molecular weight excluding hydrogens is 500 g/mol. The number of nitrogens with zero attached hydrogens (tertiary/aromatic N) is 1. The molecule has 4 aliphatic carbocycles. The quantitative estimate of drug-likeness (QED) is 0.388. The zero-order chi connectivity index (χ0) is 27.5. The molecule has 9 atom stereocenters. The highest BCUT2D eigenvalue weighted by molar-refractivity contribution is 6.05. The second kappa shape index (κ2) is 9.94. The van der Waals surface area contributed by atoms with Crippen LogP contribution in [0.5, 0.6) is 0 Å². The molecule has 2 heterocycles.